The maximum Gasteiger partial charge on any atom is 0.265 e. The van der Waals surface area contributed by atoms with E-state index in [9.17, 15) is 9.18 Å². The van der Waals surface area contributed by atoms with E-state index in [1.165, 1.54) is 17.4 Å². The van der Waals surface area contributed by atoms with Crippen molar-refractivity contribution in [1.82, 2.24) is 4.90 Å². The van der Waals surface area contributed by atoms with E-state index in [0.29, 0.717) is 27.8 Å². The molecule has 6 heteroatoms. The summed E-state index contributed by atoms with van der Waals surface area (Å²) in [5.41, 5.74) is 2.19. The molecule has 0 aliphatic carbocycles. The van der Waals surface area contributed by atoms with E-state index in [4.69, 9.17) is 4.42 Å². The molecule has 32 heavy (non-hydrogen) atoms. The fourth-order valence-corrected chi connectivity index (χ4v) is 5.08. The summed E-state index contributed by atoms with van der Waals surface area (Å²) in [6.07, 6.45) is 2.14. The Morgan fingerprint density at radius 3 is 2.69 bits per heavy atom. The SMILES string of the molecule is CC1CCN([C@@H](c2cccc(F)c2)c2oc3ccccc3c2NC(=O)c2cccs2)CC1. The van der Waals surface area contributed by atoms with E-state index in [1.807, 2.05) is 41.8 Å². The monoisotopic (exact) mass is 448 g/mol. The van der Waals surface area contributed by atoms with Crippen LogP contribution in [-0.2, 0) is 0 Å². The van der Waals surface area contributed by atoms with Crippen molar-refractivity contribution < 1.29 is 13.6 Å². The van der Waals surface area contributed by atoms with Crippen molar-refractivity contribution in [1.29, 1.82) is 0 Å². The fraction of sp³-hybridized carbons (Fsp3) is 0.269. The fourth-order valence-electron chi connectivity index (χ4n) is 4.46. The molecule has 4 nitrogen and oxygen atoms in total. The van der Waals surface area contributed by atoms with Gasteiger partial charge < -0.3 is 9.73 Å². The number of nitrogens with zero attached hydrogens (tertiary/aromatic N) is 1. The first-order valence-electron chi connectivity index (χ1n) is 11.0. The Balaban J connectivity index is 1.64. The lowest BCUT2D eigenvalue weighted by Gasteiger charge is -2.36. The minimum Gasteiger partial charge on any atom is -0.457 e. The molecule has 164 valence electrons. The van der Waals surface area contributed by atoms with E-state index < -0.39 is 0 Å². The molecule has 2 aromatic heterocycles. The summed E-state index contributed by atoms with van der Waals surface area (Å²) in [6.45, 7) is 4.04. The average Bonchev–Trinajstić information content (AvgIpc) is 3.45. The highest BCUT2D eigenvalue weighted by atomic mass is 32.1. The Bertz CT molecular complexity index is 1230. The van der Waals surface area contributed by atoms with Crippen molar-refractivity contribution in [2.45, 2.75) is 25.8 Å². The van der Waals surface area contributed by atoms with Crippen molar-refractivity contribution in [2.24, 2.45) is 5.92 Å². The topological polar surface area (TPSA) is 45.5 Å². The lowest BCUT2D eigenvalue weighted by Crippen LogP contribution is -2.37. The number of carbonyl (C=O) groups is 1. The Kier molecular flexibility index (Phi) is 5.81. The van der Waals surface area contributed by atoms with Gasteiger partial charge in [0.15, 0.2) is 0 Å². The number of halogens is 1. The first-order valence-corrected chi connectivity index (χ1v) is 11.8. The maximum absolute atomic E-state index is 14.3. The van der Waals surface area contributed by atoms with Gasteiger partial charge in [-0.05, 0) is 73.1 Å². The van der Waals surface area contributed by atoms with Gasteiger partial charge in [0, 0.05) is 5.39 Å². The minimum absolute atomic E-state index is 0.168. The Morgan fingerprint density at radius 1 is 1.12 bits per heavy atom. The summed E-state index contributed by atoms with van der Waals surface area (Å²) in [6, 6.07) is 17.8. The molecule has 5 rings (SSSR count). The lowest BCUT2D eigenvalue weighted by molar-refractivity contribution is 0.102. The molecule has 0 radical (unpaired) electrons. The van der Waals surface area contributed by atoms with Crippen LogP contribution in [0.2, 0.25) is 0 Å². The molecule has 0 bridgehead atoms. The molecule has 0 spiro atoms. The van der Waals surface area contributed by atoms with Crippen LogP contribution in [0.1, 0.15) is 46.8 Å². The predicted octanol–water partition coefficient (Wildman–Crippen LogP) is 6.71. The number of hydrogen-bond donors (Lipinski definition) is 1. The number of anilines is 1. The number of rotatable bonds is 5. The number of nitrogens with one attached hydrogen (secondary N) is 1. The first kappa shape index (κ1) is 20.9. The Labute approximate surface area is 190 Å². The number of carbonyl (C=O) groups excluding carboxylic acids is 1. The molecule has 1 saturated heterocycles. The van der Waals surface area contributed by atoms with Crippen molar-refractivity contribution in [3.8, 4) is 0 Å². The molecular weight excluding hydrogens is 423 g/mol. The zero-order valence-electron chi connectivity index (χ0n) is 17.9. The van der Waals surface area contributed by atoms with Crippen molar-refractivity contribution in [3.63, 3.8) is 0 Å². The Hall–Kier alpha value is -2.96. The molecule has 1 atom stereocenters. The predicted molar refractivity (Wildman–Crippen MR) is 127 cm³/mol. The van der Waals surface area contributed by atoms with E-state index in [0.717, 1.165) is 36.9 Å². The van der Waals surface area contributed by atoms with Crippen molar-refractivity contribution in [2.75, 3.05) is 18.4 Å². The number of amides is 1. The molecule has 1 amide bonds. The van der Waals surface area contributed by atoms with Gasteiger partial charge in [-0.3, -0.25) is 9.69 Å². The van der Waals surface area contributed by atoms with Gasteiger partial charge >= 0.3 is 0 Å². The van der Waals surface area contributed by atoms with Gasteiger partial charge in [-0.2, -0.15) is 0 Å². The van der Waals surface area contributed by atoms with E-state index in [2.05, 4.69) is 17.1 Å². The van der Waals surface area contributed by atoms with Crippen LogP contribution < -0.4 is 5.32 Å². The second-order valence-electron chi connectivity index (χ2n) is 8.44. The van der Waals surface area contributed by atoms with Gasteiger partial charge in [-0.15, -0.1) is 11.3 Å². The Morgan fingerprint density at radius 2 is 1.94 bits per heavy atom. The van der Waals surface area contributed by atoms with Crippen molar-refractivity contribution in [3.05, 3.63) is 88.1 Å². The van der Waals surface area contributed by atoms with Crippen LogP contribution in [0.5, 0.6) is 0 Å². The molecule has 1 N–H and O–H groups in total. The van der Waals surface area contributed by atoms with Gasteiger partial charge in [0.05, 0.1) is 16.6 Å². The minimum atomic E-state index is -0.288. The van der Waals surface area contributed by atoms with E-state index in [-0.39, 0.29) is 17.8 Å². The number of fused-ring (bicyclic) bond motifs is 1. The highest BCUT2D eigenvalue weighted by Crippen LogP contribution is 2.42. The van der Waals surface area contributed by atoms with Crippen LogP contribution in [0.3, 0.4) is 0 Å². The molecule has 1 aliphatic rings. The van der Waals surface area contributed by atoms with Crippen LogP contribution in [0, 0.1) is 11.7 Å². The maximum atomic E-state index is 14.3. The number of para-hydroxylation sites is 1. The first-order chi connectivity index (χ1) is 15.6. The molecule has 1 aliphatic heterocycles. The zero-order chi connectivity index (χ0) is 22.1. The largest absolute Gasteiger partial charge is 0.457 e. The number of likely N-dealkylation sites (tertiary alicyclic amines) is 1. The lowest BCUT2D eigenvalue weighted by atomic mass is 9.94. The third-order valence-electron chi connectivity index (χ3n) is 6.20. The molecular formula is C26H25FN2O2S. The second kappa shape index (κ2) is 8.88. The van der Waals surface area contributed by atoms with Crippen LogP contribution >= 0.6 is 11.3 Å². The van der Waals surface area contributed by atoms with Crippen LogP contribution in [-0.4, -0.2) is 23.9 Å². The number of benzene rings is 2. The van der Waals surface area contributed by atoms with Gasteiger partial charge in [0.1, 0.15) is 17.2 Å². The molecule has 0 saturated carbocycles. The van der Waals surface area contributed by atoms with Crippen LogP contribution in [0.4, 0.5) is 10.1 Å². The summed E-state index contributed by atoms with van der Waals surface area (Å²) in [4.78, 5) is 16.0. The van der Waals surface area contributed by atoms with E-state index in [1.54, 1.807) is 18.2 Å². The highest BCUT2D eigenvalue weighted by Gasteiger charge is 2.32. The highest BCUT2D eigenvalue weighted by molar-refractivity contribution is 7.12. The average molecular weight is 449 g/mol. The molecule has 2 aromatic carbocycles. The number of thiophene rings is 1. The number of hydrogen-bond acceptors (Lipinski definition) is 4. The zero-order valence-corrected chi connectivity index (χ0v) is 18.7. The molecule has 4 aromatic rings. The second-order valence-corrected chi connectivity index (χ2v) is 9.39. The number of furan rings is 1. The molecule has 0 unspecified atom stereocenters. The summed E-state index contributed by atoms with van der Waals surface area (Å²) < 4.78 is 20.6. The van der Waals surface area contributed by atoms with Crippen molar-refractivity contribution >= 4 is 33.9 Å². The summed E-state index contributed by atoms with van der Waals surface area (Å²) in [5, 5.41) is 5.84. The standard InChI is InChI=1S/C26H25FN2O2S/c1-17-11-13-29(14-12-17)24(18-6-4-7-19(27)16-18)25-23(20-8-2-3-9-21(20)31-25)28-26(30)22-10-5-15-32-22/h2-10,15-17,24H,11-14H2,1H3,(H,28,30)/t24-/m0/s1. The summed E-state index contributed by atoms with van der Waals surface area (Å²) >= 11 is 1.40. The third-order valence-corrected chi connectivity index (χ3v) is 7.07. The van der Waals surface area contributed by atoms with Crippen LogP contribution in [0.25, 0.3) is 11.0 Å². The summed E-state index contributed by atoms with van der Waals surface area (Å²) in [5.74, 6) is 0.862. The van der Waals surface area contributed by atoms with Crippen LogP contribution in [0.15, 0.2) is 70.5 Å². The molecule has 1 fully saturated rings. The molecule has 3 heterocycles. The smallest absolute Gasteiger partial charge is 0.265 e. The summed E-state index contributed by atoms with van der Waals surface area (Å²) in [7, 11) is 0. The number of piperidine rings is 1. The van der Waals surface area contributed by atoms with Gasteiger partial charge in [0.2, 0.25) is 0 Å². The van der Waals surface area contributed by atoms with Gasteiger partial charge in [-0.25, -0.2) is 4.39 Å². The van der Waals surface area contributed by atoms with Gasteiger partial charge in [0.25, 0.3) is 5.91 Å². The van der Waals surface area contributed by atoms with E-state index >= 15 is 0 Å². The quantitative estimate of drug-likeness (QED) is 0.369. The third kappa shape index (κ3) is 4.08. The normalized spacial score (nSPS) is 16.3. The van der Waals surface area contributed by atoms with Gasteiger partial charge in [-0.1, -0.05) is 37.3 Å².